The third-order valence-corrected chi connectivity index (χ3v) is 7.36. The van der Waals surface area contributed by atoms with Gasteiger partial charge in [0.15, 0.2) is 0 Å². The minimum absolute atomic E-state index is 0.0424. The molecule has 0 amide bonds. The van der Waals surface area contributed by atoms with Crippen LogP contribution in [0.4, 0.5) is 10.1 Å². The molecule has 0 spiro atoms. The number of benzene rings is 3. The number of aliphatic hydroxyl groups excluding tert-OH is 1. The van der Waals surface area contributed by atoms with Crippen LogP contribution < -0.4 is 4.74 Å². The summed E-state index contributed by atoms with van der Waals surface area (Å²) < 4.78 is 26.1. The van der Waals surface area contributed by atoms with Gasteiger partial charge < -0.3 is 14.6 Å². The number of para-hydroxylation sites is 1. The highest BCUT2D eigenvalue weighted by Gasteiger charge is 2.33. The summed E-state index contributed by atoms with van der Waals surface area (Å²) in [5.74, 6) is -0.492. The molecule has 0 unspecified atom stereocenters. The fourth-order valence-electron chi connectivity index (χ4n) is 3.35. The van der Waals surface area contributed by atoms with Crippen LogP contribution in [-0.2, 0) is 16.1 Å². The third kappa shape index (κ3) is 6.37. The largest absolute Gasteiger partial charge is 0.506 e. The number of nitrogens with zero attached hydrogens (tertiary/aromatic N) is 1. The minimum Gasteiger partial charge on any atom is -0.506 e. The van der Waals surface area contributed by atoms with Crippen molar-refractivity contribution < 1.29 is 23.8 Å². The SMILES string of the molecule is CCOC(=O)C1=C(O)/C(=C/c2cc(Br)c(OCc3cccc(F)c3)c(I)c2)SC1=Nc1ccccc1. The van der Waals surface area contributed by atoms with E-state index in [1.54, 1.807) is 25.1 Å². The van der Waals surface area contributed by atoms with Crippen LogP contribution in [0.3, 0.4) is 0 Å². The van der Waals surface area contributed by atoms with Crippen LogP contribution in [0.2, 0.25) is 0 Å². The van der Waals surface area contributed by atoms with Gasteiger partial charge in [-0.25, -0.2) is 14.2 Å². The Morgan fingerprint density at radius 1 is 1.17 bits per heavy atom. The molecule has 1 aliphatic heterocycles. The standard InChI is InChI=1S/C27H20BrFINO4S/c1-2-34-27(33)23-24(32)22(36-26(23)31-19-9-4-3-5-10-19)14-17-12-20(28)25(21(30)13-17)35-15-16-7-6-8-18(29)11-16/h3-14,32H,2,15H2,1H3/b22-14-,31-26?. The molecule has 0 saturated heterocycles. The summed E-state index contributed by atoms with van der Waals surface area (Å²) in [6, 6.07) is 19.2. The lowest BCUT2D eigenvalue weighted by atomic mass is 10.1. The number of rotatable bonds is 7. The second-order valence-corrected chi connectivity index (χ2v) is 10.6. The lowest BCUT2D eigenvalue weighted by Crippen LogP contribution is -2.12. The van der Waals surface area contributed by atoms with Gasteiger partial charge in [-0.3, -0.25) is 0 Å². The summed E-state index contributed by atoms with van der Waals surface area (Å²) in [6.07, 6.45) is 1.77. The van der Waals surface area contributed by atoms with E-state index >= 15 is 0 Å². The van der Waals surface area contributed by atoms with Gasteiger partial charge in [-0.15, -0.1) is 0 Å². The second kappa shape index (κ2) is 12.1. The molecule has 0 saturated carbocycles. The second-order valence-electron chi connectivity index (χ2n) is 7.54. The molecule has 0 fully saturated rings. The highest BCUT2D eigenvalue weighted by atomic mass is 127. The molecule has 184 valence electrons. The molecule has 1 N–H and O–H groups in total. The Morgan fingerprint density at radius 3 is 2.64 bits per heavy atom. The first kappa shape index (κ1) is 26.4. The summed E-state index contributed by atoms with van der Waals surface area (Å²) in [7, 11) is 0. The van der Waals surface area contributed by atoms with E-state index in [0.717, 1.165) is 14.7 Å². The van der Waals surface area contributed by atoms with E-state index in [9.17, 15) is 14.3 Å². The molecule has 0 aromatic heterocycles. The zero-order chi connectivity index (χ0) is 25.7. The molecule has 0 atom stereocenters. The molecule has 0 radical (unpaired) electrons. The lowest BCUT2D eigenvalue weighted by Gasteiger charge is -2.12. The molecule has 3 aromatic carbocycles. The number of carbonyl (C=O) groups is 1. The Balaban J connectivity index is 1.63. The van der Waals surface area contributed by atoms with Crippen molar-refractivity contribution in [3.63, 3.8) is 0 Å². The van der Waals surface area contributed by atoms with Crippen molar-refractivity contribution in [1.29, 1.82) is 0 Å². The van der Waals surface area contributed by atoms with Crippen molar-refractivity contribution >= 4 is 73.1 Å². The maximum atomic E-state index is 13.5. The number of aliphatic imine (C=N–C) groups is 1. The van der Waals surface area contributed by atoms with Crippen LogP contribution in [0.1, 0.15) is 18.1 Å². The van der Waals surface area contributed by atoms with Gasteiger partial charge in [0.25, 0.3) is 0 Å². The van der Waals surface area contributed by atoms with Crippen LogP contribution in [-0.4, -0.2) is 22.7 Å². The minimum atomic E-state index is -0.627. The number of thioether (sulfide) groups is 1. The predicted molar refractivity (Wildman–Crippen MR) is 153 cm³/mol. The smallest absolute Gasteiger partial charge is 0.344 e. The van der Waals surface area contributed by atoms with Crippen LogP contribution in [0.5, 0.6) is 5.75 Å². The molecular formula is C27H20BrFINO4S. The molecule has 4 rings (SSSR count). The van der Waals surface area contributed by atoms with Crippen molar-refractivity contribution in [2.45, 2.75) is 13.5 Å². The summed E-state index contributed by atoms with van der Waals surface area (Å²) in [6.45, 7) is 2.11. The zero-order valence-corrected chi connectivity index (χ0v) is 23.6. The van der Waals surface area contributed by atoms with E-state index in [-0.39, 0.29) is 30.4 Å². The van der Waals surface area contributed by atoms with Gasteiger partial charge >= 0.3 is 5.97 Å². The van der Waals surface area contributed by atoms with Gasteiger partial charge in [-0.05, 0) is 99.0 Å². The first-order valence-electron chi connectivity index (χ1n) is 10.9. The number of hydrogen-bond acceptors (Lipinski definition) is 6. The van der Waals surface area contributed by atoms with Gasteiger partial charge in [0.2, 0.25) is 0 Å². The Bertz CT molecular complexity index is 1370. The van der Waals surface area contributed by atoms with E-state index < -0.39 is 5.97 Å². The molecule has 5 nitrogen and oxygen atoms in total. The Morgan fingerprint density at radius 2 is 1.94 bits per heavy atom. The molecule has 3 aromatic rings. The van der Waals surface area contributed by atoms with Gasteiger partial charge in [0.05, 0.1) is 25.2 Å². The summed E-state index contributed by atoms with van der Waals surface area (Å²) >= 11 is 6.91. The van der Waals surface area contributed by atoms with Crippen LogP contribution in [0.15, 0.2) is 92.4 Å². The summed E-state index contributed by atoms with van der Waals surface area (Å²) in [5, 5.41) is 11.3. The first-order chi connectivity index (χ1) is 17.4. The highest BCUT2D eigenvalue weighted by molar-refractivity contribution is 14.1. The predicted octanol–water partition coefficient (Wildman–Crippen LogP) is 7.96. The monoisotopic (exact) mass is 679 g/mol. The Kier molecular flexibility index (Phi) is 8.86. The van der Waals surface area contributed by atoms with E-state index in [1.165, 1.54) is 23.9 Å². The fraction of sp³-hybridized carbons (Fsp3) is 0.111. The molecule has 9 heteroatoms. The quantitative estimate of drug-likeness (QED) is 0.203. The van der Waals surface area contributed by atoms with Crippen LogP contribution in [0.25, 0.3) is 6.08 Å². The molecule has 0 bridgehead atoms. The lowest BCUT2D eigenvalue weighted by molar-refractivity contribution is -0.138. The maximum Gasteiger partial charge on any atom is 0.344 e. The average molecular weight is 680 g/mol. The number of carbonyl (C=O) groups excluding carboxylic acids is 1. The number of aliphatic hydroxyl groups is 1. The fourth-order valence-corrected chi connectivity index (χ4v) is 6.15. The van der Waals surface area contributed by atoms with E-state index in [0.29, 0.717) is 25.9 Å². The van der Waals surface area contributed by atoms with Gasteiger partial charge in [0, 0.05) is 0 Å². The van der Waals surface area contributed by atoms with E-state index in [2.05, 4.69) is 43.5 Å². The third-order valence-electron chi connectivity index (χ3n) is 4.95. The first-order valence-corrected chi connectivity index (χ1v) is 13.5. The van der Waals surface area contributed by atoms with Gasteiger partial charge in [-0.1, -0.05) is 42.1 Å². The van der Waals surface area contributed by atoms with Crippen LogP contribution in [0, 0.1) is 9.39 Å². The molecule has 1 aliphatic rings. The van der Waals surface area contributed by atoms with Crippen molar-refractivity contribution in [2.75, 3.05) is 6.61 Å². The van der Waals surface area contributed by atoms with E-state index in [1.807, 2.05) is 42.5 Å². The highest BCUT2D eigenvalue weighted by Crippen LogP contribution is 2.41. The number of hydrogen-bond donors (Lipinski definition) is 1. The Hall–Kier alpha value is -2.63. The molecule has 36 heavy (non-hydrogen) atoms. The summed E-state index contributed by atoms with van der Waals surface area (Å²) in [4.78, 5) is 17.6. The van der Waals surface area contributed by atoms with Crippen molar-refractivity contribution in [3.8, 4) is 5.75 Å². The van der Waals surface area contributed by atoms with Crippen LogP contribution >= 0.6 is 50.3 Å². The van der Waals surface area contributed by atoms with Crippen molar-refractivity contribution in [3.05, 3.63) is 108 Å². The van der Waals surface area contributed by atoms with E-state index in [4.69, 9.17) is 9.47 Å². The molecule has 1 heterocycles. The summed E-state index contributed by atoms with van der Waals surface area (Å²) in [5.41, 5.74) is 2.20. The average Bonchev–Trinajstić information content (AvgIpc) is 3.13. The Labute approximate surface area is 234 Å². The number of ether oxygens (including phenoxy) is 2. The van der Waals surface area contributed by atoms with Gasteiger partial charge in [0.1, 0.15) is 34.5 Å². The zero-order valence-electron chi connectivity index (χ0n) is 19.0. The maximum absolute atomic E-state index is 13.5. The molecule has 0 aliphatic carbocycles. The van der Waals surface area contributed by atoms with Gasteiger partial charge in [-0.2, -0.15) is 0 Å². The van der Waals surface area contributed by atoms with Crippen molar-refractivity contribution in [2.24, 2.45) is 4.99 Å². The topological polar surface area (TPSA) is 68.1 Å². The number of halogens is 3. The van der Waals surface area contributed by atoms with Crippen molar-refractivity contribution in [1.82, 2.24) is 0 Å². The normalized spacial score (nSPS) is 15.6. The molecular weight excluding hydrogens is 660 g/mol. The number of esters is 1.